The van der Waals surface area contributed by atoms with Crippen LogP contribution in [0.4, 0.5) is 14.5 Å². The van der Waals surface area contributed by atoms with Crippen molar-refractivity contribution in [3.63, 3.8) is 0 Å². The number of benzene rings is 3. The Morgan fingerprint density at radius 3 is 2.25 bits per heavy atom. The number of halogens is 2. The van der Waals surface area contributed by atoms with Crippen molar-refractivity contribution in [1.82, 2.24) is 14.9 Å². The number of nitrogens with one attached hydrogen (secondary N) is 2. The van der Waals surface area contributed by atoms with Crippen LogP contribution in [-0.2, 0) is 4.79 Å². The van der Waals surface area contributed by atoms with Crippen molar-refractivity contribution in [2.45, 2.75) is 16.4 Å². The van der Waals surface area contributed by atoms with E-state index in [1.165, 1.54) is 48.2 Å². The first kappa shape index (κ1) is 20.2. The van der Waals surface area contributed by atoms with E-state index in [-0.39, 0.29) is 17.5 Å². The molecule has 2 atom stereocenters. The van der Waals surface area contributed by atoms with Gasteiger partial charge in [0, 0.05) is 11.3 Å². The summed E-state index contributed by atoms with van der Waals surface area (Å²) in [6, 6.07) is 20.6. The Morgan fingerprint density at radius 1 is 0.906 bits per heavy atom. The van der Waals surface area contributed by atoms with Gasteiger partial charge in [-0.15, -0.1) is 10.2 Å². The topological polar surface area (TPSA) is 71.8 Å². The molecule has 3 aromatic carbocycles. The Morgan fingerprint density at radius 2 is 1.56 bits per heavy atom. The number of thioether (sulfide) groups is 1. The van der Waals surface area contributed by atoms with Gasteiger partial charge in [-0.2, -0.15) is 0 Å². The fraction of sp³-hybridized carbons (Fsp3) is 0.0870. The van der Waals surface area contributed by atoms with Crippen LogP contribution in [0, 0.1) is 11.6 Å². The van der Waals surface area contributed by atoms with Gasteiger partial charge in [0.05, 0.1) is 6.04 Å². The van der Waals surface area contributed by atoms with Crippen LogP contribution in [0.1, 0.15) is 11.6 Å². The van der Waals surface area contributed by atoms with Gasteiger partial charge >= 0.3 is 0 Å². The summed E-state index contributed by atoms with van der Waals surface area (Å²) in [6.45, 7) is 0. The molecule has 1 amide bonds. The highest BCUT2D eigenvalue weighted by Crippen LogP contribution is 2.39. The zero-order valence-corrected chi connectivity index (χ0v) is 17.4. The molecule has 2 N–H and O–H groups in total. The van der Waals surface area contributed by atoms with Gasteiger partial charge in [0.2, 0.25) is 11.1 Å². The third-order valence-corrected chi connectivity index (χ3v) is 6.28. The molecule has 0 spiro atoms. The lowest BCUT2D eigenvalue weighted by Crippen LogP contribution is -2.41. The van der Waals surface area contributed by atoms with Crippen LogP contribution in [0.15, 0.2) is 84.0 Å². The van der Waals surface area contributed by atoms with Crippen molar-refractivity contribution >= 4 is 23.4 Å². The molecule has 6 nitrogen and oxygen atoms in total. The van der Waals surface area contributed by atoms with Gasteiger partial charge in [0.15, 0.2) is 5.82 Å². The number of nitrogens with zero attached hydrogens (tertiary/aromatic N) is 3. The van der Waals surface area contributed by atoms with Crippen LogP contribution in [0.3, 0.4) is 0 Å². The standard InChI is InChI=1S/C23H17F2N5OS/c24-16-8-6-14(7-9-16)19-20(22(31)26-18-12-10-17(25)11-13-18)32-23-28-27-21(30(23)29-19)15-4-2-1-3-5-15/h1-13,19-20,29H,(H,26,31)/t19-,20+/m1/s1. The van der Waals surface area contributed by atoms with Gasteiger partial charge in [-0.1, -0.05) is 54.2 Å². The van der Waals surface area contributed by atoms with Crippen molar-refractivity contribution in [3.05, 3.63) is 96.1 Å². The zero-order chi connectivity index (χ0) is 22.1. The normalized spacial score (nSPS) is 17.3. The summed E-state index contributed by atoms with van der Waals surface area (Å²) in [4.78, 5) is 13.2. The second-order valence-corrected chi connectivity index (χ2v) is 8.31. The van der Waals surface area contributed by atoms with E-state index < -0.39 is 11.3 Å². The number of rotatable bonds is 4. The van der Waals surface area contributed by atoms with E-state index in [1.807, 2.05) is 30.3 Å². The van der Waals surface area contributed by atoms with E-state index in [0.29, 0.717) is 16.7 Å². The first-order chi connectivity index (χ1) is 15.6. The molecule has 0 aliphatic carbocycles. The second kappa shape index (κ2) is 8.43. The lowest BCUT2D eigenvalue weighted by Gasteiger charge is -2.33. The van der Waals surface area contributed by atoms with Crippen LogP contribution >= 0.6 is 11.8 Å². The van der Waals surface area contributed by atoms with E-state index >= 15 is 0 Å². The summed E-state index contributed by atoms with van der Waals surface area (Å²) in [5.74, 6) is -0.432. The van der Waals surface area contributed by atoms with Crippen molar-refractivity contribution < 1.29 is 13.6 Å². The predicted octanol–water partition coefficient (Wildman–Crippen LogP) is 4.62. The van der Waals surface area contributed by atoms with Crippen LogP contribution in [0.2, 0.25) is 0 Å². The molecule has 0 radical (unpaired) electrons. The van der Waals surface area contributed by atoms with E-state index in [2.05, 4.69) is 20.9 Å². The van der Waals surface area contributed by atoms with Gasteiger partial charge in [0.25, 0.3) is 0 Å². The summed E-state index contributed by atoms with van der Waals surface area (Å²) in [5, 5.41) is 11.3. The number of carbonyl (C=O) groups excluding carboxylic acids is 1. The van der Waals surface area contributed by atoms with Crippen LogP contribution in [-0.4, -0.2) is 26.0 Å². The SMILES string of the molecule is O=C(Nc1ccc(F)cc1)[C@H]1Sc2nnc(-c3ccccc3)n2N[C@@H]1c1ccc(F)cc1. The molecule has 5 rings (SSSR count). The average molecular weight is 449 g/mol. The van der Waals surface area contributed by atoms with Crippen molar-refractivity contribution in [3.8, 4) is 11.4 Å². The molecule has 1 aliphatic rings. The van der Waals surface area contributed by atoms with E-state index in [0.717, 1.165) is 11.1 Å². The maximum absolute atomic E-state index is 13.5. The average Bonchev–Trinajstić information content (AvgIpc) is 3.24. The fourth-order valence-corrected chi connectivity index (χ4v) is 4.58. The van der Waals surface area contributed by atoms with E-state index in [1.54, 1.807) is 16.8 Å². The number of amides is 1. The van der Waals surface area contributed by atoms with Gasteiger partial charge in [-0.25, -0.2) is 13.5 Å². The van der Waals surface area contributed by atoms with E-state index in [4.69, 9.17) is 0 Å². The highest BCUT2D eigenvalue weighted by molar-refractivity contribution is 8.00. The number of hydrogen-bond acceptors (Lipinski definition) is 5. The van der Waals surface area contributed by atoms with Gasteiger partial charge in [-0.05, 0) is 42.0 Å². The molecule has 2 heterocycles. The summed E-state index contributed by atoms with van der Waals surface area (Å²) >= 11 is 1.26. The largest absolute Gasteiger partial charge is 0.325 e. The Hall–Kier alpha value is -3.72. The fourth-order valence-electron chi connectivity index (χ4n) is 3.50. The predicted molar refractivity (Wildman–Crippen MR) is 119 cm³/mol. The van der Waals surface area contributed by atoms with E-state index in [9.17, 15) is 13.6 Å². The Labute approximate surface area is 186 Å². The molecule has 32 heavy (non-hydrogen) atoms. The van der Waals surface area contributed by atoms with Gasteiger partial charge < -0.3 is 10.7 Å². The summed E-state index contributed by atoms with van der Waals surface area (Å²) in [5.41, 5.74) is 5.41. The number of hydrogen-bond donors (Lipinski definition) is 2. The molecule has 0 saturated heterocycles. The zero-order valence-electron chi connectivity index (χ0n) is 16.6. The Kier molecular flexibility index (Phi) is 5.32. The minimum absolute atomic E-state index is 0.293. The molecule has 160 valence electrons. The van der Waals surface area contributed by atoms with Gasteiger partial charge in [0.1, 0.15) is 16.9 Å². The summed E-state index contributed by atoms with van der Waals surface area (Å²) in [7, 11) is 0. The quantitative estimate of drug-likeness (QED) is 0.476. The maximum Gasteiger partial charge on any atom is 0.240 e. The molecule has 0 bridgehead atoms. The van der Waals surface area contributed by atoms with Crippen LogP contribution < -0.4 is 10.7 Å². The Bertz CT molecular complexity index is 1250. The molecule has 0 unspecified atom stereocenters. The summed E-state index contributed by atoms with van der Waals surface area (Å²) in [6.07, 6.45) is 0. The highest BCUT2D eigenvalue weighted by atomic mass is 32.2. The second-order valence-electron chi connectivity index (χ2n) is 7.20. The smallest absolute Gasteiger partial charge is 0.240 e. The third-order valence-electron chi connectivity index (χ3n) is 5.07. The minimum Gasteiger partial charge on any atom is -0.325 e. The molecule has 0 fully saturated rings. The highest BCUT2D eigenvalue weighted by Gasteiger charge is 2.38. The number of carbonyl (C=O) groups is 1. The molecule has 4 aromatic rings. The molecule has 1 aromatic heterocycles. The molecule has 1 aliphatic heterocycles. The maximum atomic E-state index is 13.5. The lowest BCUT2D eigenvalue weighted by molar-refractivity contribution is -0.116. The Balaban J connectivity index is 1.50. The van der Waals surface area contributed by atoms with Crippen LogP contribution in [0.5, 0.6) is 0 Å². The number of fused-ring (bicyclic) bond motifs is 1. The molecule has 9 heteroatoms. The lowest BCUT2D eigenvalue weighted by atomic mass is 10.0. The number of anilines is 1. The first-order valence-electron chi connectivity index (χ1n) is 9.84. The molecular weight excluding hydrogens is 432 g/mol. The van der Waals surface area contributed by atoms with Crippen molar-refractivity contribution in [2.24, 2.45) is 0 Å². The summed E-state index contributed by atoms with van der Waals surface area (Å²) < 4.78 is 28.5. The third kappa shape index (κ3) is 3.94. The minimum atomic E-state index is -0.633. The van der Waals surface area contributed by atoms with Crippen LogP contribution in [0.25, 0.3) is 11.4 Å². The number of aromatic nitrogens is 3. The monoisotopic (exact) mass is 449 g/mol. The van der Waals surface area contributed by atoms with Crippen molar-refractivity contribution in [1.29, 1.82) is 0 Å². The molecular formula is C23H17F2N5OS. The first-order valence-corrected chi connectivity index (χ1v) is 10.7. The van der Waals surface area contributed by atoms with Gasteiger partial charge in [-0.3, -0.25) is 4.79 Å². The molecule has 0 saturated carbocycles. The van der Waals surface area contributed by atoms with Crippen molar-refractivity contribution in [2.75, 3.05) is 10.7 Å².